The molecule has 0 radical (unpaired) electrons. The molecule has 0 aliphatic rings. The molecule has 110 valence electrons. The van der Waals surface area contributed by atoms with Crippen molar-refractivity contribution in [2.24, 2.45) is 12.8 Å². The molecule has 0 aliphatic carbocycles. The van der Waals surface area contributed by atoms with Gasteiger partial charge < -0.3 is 10.2 Å². The van der Waals surface area contributed by atoms with E-state index in [0.29, 0.717) is 0 Å². The van der Waals surface area contributed by atoms with Gasteiger partial charge in [0.2, 0.25) is 0 Å². The number of nitrogens with zero attached hydrogens (tertiary/aromatic N) is 3. The minimum atomic E-state index is 0.0697. The van der Waals surface area contributed by atoms with Gasteiger partial charge in [0.1, 0.15) is 11.5 Å². The Morgan fingerprint density at radius 3 is 2.70 bits per heavy atom. The minimum Gasteiger partial charge on any atom is -0.465 e. The van der Waals surface area contributed by atoms with Crippen LogP contribution in [0, 0.1) is 6.92 Å². The van der Waals surface area contributed by atoms with Crippen LogP contribution in [-0.2, 0) is 13.6 Å². The molecule has 2 aromatic heterocycles. The Bertz CT molecular complexity index is 546. The minimum absolute atomic E-state index is 0.0697. The molecular formula is C15H24N4O. The third kappa shape index (κ3) is 3.29. The second-order valence-electron chi connectivity index (χ2n) is 5.39. The molecule has 2 N–H and O–H groups in total. The molecule has 20 heavy (non-hydrogen) atoms. The fourth-order valence-corrected chi connectivity index (χ4v) is 2.56. The highest BCUT2D eigenvalue weighted by Crippen LogP contribution is 2.25. The van der Waals surface area contributed by atoms with Crippen LogP contribution >= 0.6 is 0 Å². The van der Waals surface area contributed by atoms with E-state index in [-0.39, 0.29) is 12.1 Å². The number of hydrogen-bond acceptors (Lipinski definition) is 4. The first kappa shape index (κ1) is 14.8. The molecule has 0 spiro atoms. The average Bonchev–Trinajstić information content (AvgIpc) is 2.99. The van der Waals surface area contributed by atoms with E-state index in [1.165, 1.54) is 0 Å². The van der Waals surface area contributed by atoms with E-state index in [9.17, 15) is 0 Å². The molecule has 2 unspecified atom stereocenters. The molecule has 0 amide bonds. The van der Waals surface area contributed by atoms with E-state index >= 15 is 0 Å². The molecule has 2 atom stereocenters. The Morgan fingerprint density at radius 2 is 2.20 bits per heavy atom. The lowest BCUT2D eigenvalue weighted by Gasteiger charge is -2.31. The Hall–Kier alpha value is -1.59. The van der Waals surface area contributed by atoms with Crippen LogP contribution in [0.5, 0.6) is 0 Å². The molecule has 2 aromatic rings. The third-order valence-electron chi connectivity index (χ3n) is 3.62. The van der Waals surface area contributed by atoms with Crippen LogP contribution in [0.2, 0.25) is 0 Å². The molecule has 0 fully saturated rings. The van der Waals surface area contributed by atoms with Crippen molar-refractivity contribution >= 4 is 0 Å². The van der Waals surface area contributed by atoms with Crippen molar-refractivity contribution in [1.29, 1.82) is 0 Å². The molecule has 0 aliphatic heterocycles. The molecule has 2 heterocycles. The zero-order valence-corrected chi connectivity index (χ0v) is 12.7. The van der Waals surface area contributed by atoms with E-state index in [2.05, 4.69) is 24.0 Å². The fourth-order valence-electron chi connectivity index (χ4n) is 2.56. The lowest BCUT2D eigenvalue weighted by Crippen LogP contribution is -2.38. The molecular weight excluding hydrogens is 252 g/mol. The second kappa shape index (κ2) is 6.24. The smallest absolute Gasteiger partial charge is 0.118 e. The van der Waals surface area contributed by atoms with E-state index in [0.717, 1.165) is 30.0 Å². The number of nitrogens with two attached hydrogens (primary N) is 1. The van der Waals surface area contributed by atoms with Crippen LogP contribution in [0.3, 0.4) is 0 Å². The maximum atomic E-state index is 6.31. The van der Waals surface area contributed by atoms with Gasteiger partial charge in [0, 0.05) is 24.8 Å². The summed E-state index contributed by atoms with van der Waals surface area (Å²) in [5.41, 5.74) is 7.45. The summed E-state index contributed by atoms with van der Waals surface area (Å²) in [6.07, 6.45) is 4.84. The summed E-state index contributed by atoms with van der Waals surface area (Å²) >= 11 is 0. The predicted molar refractivity (Wildman–Crippen MR) is 79.1 cm³/mol. The average molecular weight is 276 g/mol. The molecule has 5 heteroatoms. The monoisotopic (exact) mass is 276 g/mol. The Morgan fingerprint density at radius 1 is 1.45 bits per heavy atom. The highest BCUT2D eigenvalue weighted by atomic mass is 16.3. The van der Waals surface area contributed by atoms with Gasteiger partial charge >= 0.3 is 0 Å². The first-order chi connectivity index (χ1) is 9.51. The van der Waals surface area contributed by atoms with Gasteiger partial charge in [-0.05, 0) is 32.5 Å². The van der Waals surface area contributed by atoms with E-state index in [1.807, 2.05) is 43.2 Å². The summed E-state index contributed by atoms with van der Waals surface area (Å²) in [7, 11) is 4.00. The van der Waals surface area contributed by atoms with Crippen molar-refractivity contribution in [3.63, 3.8) is 0 Å². The Kier molecular flexibility index (Phi) is 4.62. The summed E-state index contributed by atoms with van der Waals surface area (Å²) in [6, 6.07) is 4.21. The molecule has 2 rings (SSSR count). The first-order valence-corrected chi connectivity index (χ1v) is 7.01. The number of aromatic nitrogens is 2. The summed E-state index contributed by atoms with van der Waals surface area (Å²) in [5.74, 6) is 1.90. The summed E-state index contributed by atoms with van der Waals surface area (Å²) in [6.45, 7) is 4.81. The van der Waals surface area contributed by atoms with Crippen molar-refractivity contribution in [2.45, 2.75) is 38.9 Å². The van der Waals surface area contributed by atoms with Crippen molar-refractivity contribution in [1.82, 2.24) is 14.7 Å². The highest BCUT2D eigenvalue weighted by Gasteiger charge is 2.25. The number of rotatable bonds is 6. The van der Waals surface area contributed by atoms with Gasteiger partial charge in [0.05, 0.1) is 18.8 Å². The Balaban J connectivity index is 2.17. The molecule has 0 bridgehead atoms. The second-order valence-corrected chi connectivity index (χ2v) is 5.39. The quantitative estimate of drug-likeness (QED) is 0.879. The van der Waals surface area contributed by atoms with Gasteiger partial charge in [-0.3, -0.25) is 9.58 Å². The number of likely N-dealkylation sites (N-methyl/N-ethyl adjacent to an activating group) is 1. The van der Waals surface area contributed by atoms with Crippen molar-refractivity contribution in [3.05, 3.63) is 41.6 Å². The van der Waals surface area contributed by atoms with Gasteiger partial charge in [-0.2, -0.15) is 5.10 Å². The standard InChI is InChI=1S/C15H24N4O/c1-5-14(16)15(12-8-17-19(4)9-12)18(3)10-13-7-6-11(2)20-13/h6-9,14-15H,5,10,16H2,1-4H3. The first-order valence-electron chi connectivity index (χ1n) is 7.01. The van der Waals surface area contributed by atoms with Crippen molar-refractivity contribution < 1.29 is 4.42 Å². The van der Waals surface area contributed by atoms with E-state index in [4.69, 9.17) is 10.2 Å². The van der Waals surface area contributed by atoms with Gasteiger partial charge in [-0.25, -0.2) is 0 Å². The van der Waals surface area contributed by atoms with Crippen LogP contribution in [0.25, 0.3) is 0 Å². The summed E-state index contributed by atoms with van der Waals surface area (Å²) < 4.78 is 7.47. The maximum Gasteiger partial charge on any atom is 0.118 e. The lowest BCUT2D eigenvalue weighted by atomic mass is 9.99. The van der Waals surface area contributed by atoms with Crippen LogP contribution in [0.4, 0.5) is 0 Å². The normalized spacial score (nSPS) is 14.7. The third-order valence-corrected chi connectivity index (χ3v) is 3.62. The topological polar surface area (TPSA) is 60.2 Å². The highest BCUT2D eigenvalue weighted by molar-refractivity contribution is 5.14. The van der Waals surface area contributed by atoms with Crippen LogP contribution in [0.15, 0.2) is 28.9 Å². The van der Waals surface area contributed by atoms with Crippen LogP contribution in [-0.4, -0.2) is 27.8 Å². The molecule has 0 saturated carbocycles. The van der Waals surface area contributed by atoms with Crippen LogP contribution in [0.1, 0.15) is 36.5 Å². The number of hydrogen-bond donors (Lipinski definition) is 1. The van der Waals surface area contributed by atoms with Crippen molar-refractivity contribution in [3.8, 4) is 0 Å². The van der Waals surface area contributed by atoms with Crippen molar-refractivity contribution in [2.75, 3.05) is 7.05 Å². The lowest BCUT2D eigenvalue weighted by molar-refractivity contribution is 0.187. The fraction of sp³-hybridized carbons (Fsp3) is 0.533. The number of aryl methyl sites for hydroxylation is 2. The Labute approximate surface area is 120 Å². The molecule has 0 saturated heterocycles. The maximum absolute atomic E-state index is 6.31. The predicted octanol–water partition coefficient (Wildman–Crippen LogP) is 2.23. The summed E-state index contributed by atoms with van der Waals surface area (Å²) in [4.78, 5) is 2.23. The van der Waals surface area contributed by atoms with Gasteiger partial charge in [-0.1, -0.05) is 6.92 Å². The number of furan rings is 1. The SMILES string of the molecule is CCC(N)C(c1cnn(C)c1)N(C)Cc1ccc(C)o1. The van der Waals surface area contributed by atoms with Gasteiger partial charge in [-0.15, -0.1) is 0 Å². The van der Waals surface area contributed by atoms with Gasteiger partial charge in [0.25, 0.3) is 0 Å². The zero-order valence-electron chi connectivity index (χ0n) is 12.7. The summed E-state index contributed by atoms with van der Waals surface area (Å²) in [5, 5.41) is 4.26. The van der Waals surface area contributed by atoms with E-state index < -0.39 is 0 Å². The molecule has 0 aromatic carbocycles. The zero-order chi connectivity index (χ0) is 14.7. The van der Waals surface area contributed by atoms with E-state index in [1.54, 1.807) is 0 Å². The van der Waals surface area contributed by atoms with Crippen LogP contribution < -0.4 is 5.73 Å². The largest absolute Gasteiger partial charge is 0.465 e. The molecule has 5 nitrogen and oxygen atoms in total. The van der Waals surface area contributed by atoms with Gasteiger partial charge in [0.15, 0.2) is 0 Å².